The predicted molar refractivity (Wildman–Crippen MR) is 49.8 cm³/mol. The molecule has 12 heavy (non-hydrogen) atoms. The SMILES string of the molecule is C=CC(=O)OCC(C)C(C)(C)C. The highest BCUT2D eigenvalue weighted by molar-refractivity contribution is 5.81. The van der Waals surface area contributed by atoms with Crippen LogP contribution in [0.15, 0.2) is 12.7 Å². The van der Waals surface area contributed by atoms with Crippen molar-refractivity contribution >= 4 is 5.97 Å². The second-order valence-electron chi connectivity index (χ2n) is 4.10. The van der Waals surface area contributed by atoms with Crippen LogP contribution in [0.1, 0.15) is 27.7 Å². The summed E-state index contributed by atoms with van der Waals surface area (Å²) in [6.07, 6.45) is 1.19. The summed E-state index contributed by atoms with van der Waals surface area (Å²) >= 11 is 0. The Morgan fingerprint density at radius 1 is 1.58 bits per heavy atom. The van der Waals surface area contributed by atoms with Crippen LogP contribution in [-0.2, 0) is 9.53 Å². The van der Waals surface area contributed by atoms with Crippen molar-refractivity contribution in [2.24, 2.45) is 11.3 Å². The van der Waals surface area contributed by atoms with E-state index in [-0.39, 0.29) is 11.4 Å². The van der Waals surface area contributed by atoms with Gasteiger partial charge in [-0.15, -0.1) is 0 Å². The topological polar surface area (TPSA) is 26.3 Å². The second-order valence-corrected chi connectivity index (χ2v) is 4.10. The number of hydrogen-bond acceptors (Lipinski definition) is 2. The lowest BCUT2D eigenvalue weighted by Crippen LogP contribution is -2.23. The normalized spacial score (nSPS) is 13.7. The van der Waals surface area contributed by atoms with E-state index in [0.717, 1.165) is 0 Å². The molecular weight excluding hydrogens is 152 g/mol. The highest BCUT2D eigenvalue weighted by Crippen LogP contribution is 2.25. The molecule has 0 saturated heterocycles. The van der Waals surface area contributed by atoms with E-state index in [9.17, 15) is 4.79 Å². The number of rotatable bonds is 3. The molecule has 0 aliphatic rings. The van der Waals surface area contributed by atoms with Crippen molar-refractivity contribution in [1.29, 1.82) is 0 Å². The minimum atomic E-state index is -0.342. The molecule has 0 fully saturated rings. The van der Waals surface area contributed by atoms with Crippen LogP contribution in [0.4, 0.5) is 0 Å². The maximum absolute atomic E-state index is 10.7. The van der Waals surface area contributed by atoms with Crippen molar-refractivity contribution in [1.82, 2.24) is 0 Å². The van der Waals surface area contributed by atoms with E-state index in [4.69, 9.17) is 4.74 Å². The first kappa shape index (κ1) is 11.2. The monoisotopic (exact) mass is 170 g/mol. The first-order valence-corrected chi connectivity index (χ1v) is 4.17. The molecule has 0 aliphatic heterocycles. The summed E-state index contributed by atoms with van der Waals surface area (Å²) in [4.78, 5) is 10.7. The fourth-order valence-electron chi connectivity index (χ4n) is 0.516. The first-order chi connectivity index (χ1) is 5.38. The first-order valence-electron chi connectivity index (χ1n) is 4.17. The Morgan fingerprint density at radius 3 is 2.42 bits per heavy atom. The van der Waals surface area contributed by atoms with Gasteiger partial charge in [-0.3, -0.25) is 0 Å². The summed E-state index contributed by atoms with van der Waals surface area (Å²) in [5.74, 6) is 0.0208. The Balaban J connectivity index is 3.79. The zero-order chi connectivity index (χ0) is 9.78. The van der Waals surface area contributed by atoms with E-state index in [1.54, 1.807) is 0 Å². The third-order valence-corrected chi connectivity index (χ3v) is 2.12. The summed E-state index contributed by atoms with van der Waals surface area (Å²) in [5.41, 5.74) is 0.182. The van der Waals surface area contributed by atoms with Crippen LogP contribution in [0.2, 0.25) is 0 Å². The molecule has 0 amide bonds. The largest absolute Gasteiger partial charge is 0.462 e. The second kappa shape index (κ2) is 4.29. The van der Waals surface area contributed by atoms with Gasteiger partial charge >= 0.3 is 5.97 Å². The van der Waals surface area contributed by atoms with Gasteiger partial charge in [-0.1, -0.05) is 34.3 Å². The summed E-state index contributed by atoms with van der Waals surface area (Å²) in [5, 5.41) is 0. The van der Waals surface area contributed by atoms with Crippen LogP contribution in [0.3, 0.4) is 0 Å². The van der Waals surface area contributed by atoms with Gasteiger partial charge in [0.05, 0.1) is 6.61 Å². The van der Waals surface area contributed by atoms with Gasteiger partial charge in [0.2, 0.25) is 0 Å². The van der Waals surface area contributed by atoms with Gasteiger partial charge in [-0.05, 0) is 11.3 Å². The minimum Gasteiger partial charge on any atom is -0.462 e. The van der Waals surface area contributed by atoms with Gasteiger partial charge in [0, 0.05) is 6.08 Å². The van der Waals surface area contributed by atoms with E-state index in [2.05, 4.69) is 34.3 Å². The number of carbonyl (C=O) groups excluding carboxylic acids is 1. The molecule has 0 aromatic heterocycles. The zero-order valence-corrected chi connectivity index (χ0v) is 8.39. The van der Waals surface area contributed by atoms with Crippen LogP contribution in [0.25, 0.3) is 0 Å². The fraction of sp³-hybridized carbons (Fsp3) is 0.700. The Hall–Kier alpha value is -0.790. The maximum atomic E-state index is 10.7. The number of esters is 1. The molecule has 0 rings (SSSR count). The molecule has 0 saturated carbocycles. The van der Waals surface area contributed by atoms with Gasteiger partial charge in [-0.25, -0.2) is 4.79 Å². The summed E-state index contributed by atoms with van der Waals surface area (Å²) < 4.78 is 4.92. The Bertz CT molecular complexity index is 165. The average Bonchev–Trinajstić information content (AvgIpc) is 1.97. The number of hydrogen-bond donors (Lipinski definition) is 0. The lowest BCUT2D eigenvalue weighted by molar-refractivity contribution is -0.139. The highest BCUT2D eigenvalue weighted by atomic mass is 16.5. The van der Waals surface area contributed by atoms with Crippen LogP contribution in [0.5, 0.6) is 0 Å². The third-order valence-electron chi connectivity index (χ3n) is 2.12. The van der Waals surface area contributed by atoms with Gasteiger partial charge in [-0.2, -0.15) is 0 Å². The van der Waals surface area contributed by atoms with Crippen LogP contribution < -0.4 is 0 Å². The van der Waals surface area contributed by atoms with Gasteiger partial charge < -0.3 is 4.74 Å². The van der Waals surface area contributed by atoms with Gasteiger partial charge in [0.25, 0.3) is 0 Å². The molecule has 0 aliphatic carbocycles. The Labute approximate surface area is 74.6 Å². The summed E-state index contributed by atoms with van der Waals surface area (Å²) in [6.45, 7) is 12.2. The molecule has 0 bridgehead atoms. The zero-order valence-electron chi connectivity index (χ0n) is 8.39. The Morgan fingerprint density at radius 2 is 2.08 bits per heavy atom. The van der Waals surface area contributed by atoms with E-state index >= 15 is 0 Å². The average molecular weight is 170 g/mol. The number of ether oxygens (including phenoxy) is 1. The minimum absolute atomic E-state index is 0.182. The highest BCUT2D eigenvalue weighted by Gasteiger charge is 2.20. The maximum Gasteiger partial charge on any atom is 0.330 e. The van der Waals surface area contributed by atoms with Gasteiger partial charge in [0.1, 0.15) is 0 Å². The quantitative estimate of drug-likeness (QED) is 0.480. The molecule has 0 heterocycles. The van der Waals surface area contributed by atoms with Gasteiger partial charge in [0.15, 0.2) is 0 Å². The molecule has 0 aromatic rings. The molecule has 2 heteroatoms. The van der Waals surface area contributed by atoms with E-state index in [1.165, 1.54) is 6.08 Å². The summed E-state index contributed by atoms with van der Waals surface area (Å²) in [7, 11) is 0. The molecule has 0 radical (unpaired) electrons. The molecule has 0 N–H and O–H groups in total. The van der Waals surface area contributed by atoms with E-state index in [1.807, 2.05) is 0 Å². The predicted octanol–water partition coefficient (Wildman–Crippen LogP) is 2.40. The molecular formula is C10H18O2. The van der Waals surface area contributed by atoms with Crippen LogP contribution in [-0.4, -0.2) is 12.6 Å². The molecule has 2 nitrogen and oxygen atoms in total. The Kier molecular flexibility index (Phi) is 4.01. The molecule has 1 unspecified atom stereocenters. The smallest absolute Gasteiger partial charge is 0.330 e. The lowest BCUT2D eigenvalue weighted by Gasteiger charge is -2.26. The molecule has 1 atom stereocenters. The van der Waals surface area contributed by atoms with Crippen molar-refractivity contribution < 1.29 is 9.53 Å². The van der Waals surface area contributed by atoms with E-state index in [0.29, 0.717) is 12.5 Å². The van der Waals surface area contributed by atoms with Crippen LogP contribution in [0, 0.1) is 11.3 Å². The van der Waals surface area contributed by atoms with Crippen molar-refractivity contribution in [2.45, 2.75) is 27.7 Å². The van der Waals surface area contributed by atoms with E-state index < -0.39 is 0 Å². The van der Waals surface area contributed by atoms with Crippen LogP contribution >= 0.6 is 0 Å². The molecule has 70 valence electrons. The lowest BCUT2D eigenvalue weighted by atomic mass is 9.83. The standard InChI is InChI=1S/C10H18O2/c1-6-9(11)12-7-8(2)10(3,4)5/h6,8H,1,7H2,2-5H3. The van der Waals surface area contributed by atoms with Crippen molar-refractivity contribution in [3.8, 4) is 0 Å². The molecule has 0 spiro atoms. The summed E-state index contributed by atoms with van der Waals surface area (Å²) in [6, 6.07) is 0. The number of carbonyl (C=O) groups is 1. The van der Waals surface area contributed by atoms with Crippen molar-refractivity contribution in [3.63, 3.8) is 0 Å². The van der Waals surface area contributed by atoms with Crippen molar-refractivity contribution in [3.05, 3.63) is 12.7 Å². The van der Waals surface area contributed by atoms with Crippen molar-refractivity contribution in [2.75, 3.05) is 6.61 Å². The third kappa shape index (κ3) is 4.16. The molecule has 0 aromatic carbocycles. The fourth-order valence-corrected chi connectivity index (χ4v) is 0.516.